The molecule has 2 N–H and O–H groups in total. The molecular weight excluding hydrogens is 198 g/mol. The van der Waals surface area contributed by atoms with Gasteiger partial charge in [-0.15, -0.1) is 0 Å². The number of nitrogens with one attached hydrogen (secondary N) is 2. The molecule has 1 aliphatic heterocycles. The first-order valence-electron chi connectivity index (χ1n) is 5.32. The molecule has 0 aromatic heterocycles. The van der Waals surface area contributed by atoms with Crippen molar-refractivity contribution < 1.29 is 0 Å². The molecule has 0 unspecified atom stereocenters. The van der Waals surface area contributed by atoms with Crippen molar-refractivity contribution in [2.24, 2.45) is 10.4 Å². The van der Waals surface area contributed by atoms with E-state index in [1.54, 1.807) is 6.21 Å². The fourth-order valence-corrected chi connectivity index (χ4v) is 1.22. The summed E-state index contributed by atoms with van der Waals surface area (Å²) in [6.45, 7) is 12.2. The van der Waals surface area contributed by atoms with Crippen molar-refractivity contribution >= 4 is 12.1 Å². The maximum Gasteiger partial charge on any atom is 0.153 e. The van der Waals surface area contributed by atoms with Gasteiger partial charge in [0.2, 0.25) is 0 Å². The van der Waals surface area contributed by atoms with Crippen LogP contribution in [0.4, 0.5) is 0 Å². The zero-order chi connectivity index (χ0) is 12.3. The maximum absolute atomic E-state index is 7.70. The van der Waals surface area contributed by atoms with Gasteiger partial charge >= 0.3 is 0 Å². The van der Waals surface area contributed by atoms with E-state index in [1.165, 1.54) is 0 Å². The minimum atomic E-state index is -0.00350. The second-order valence-electron chi connectivity index (χ2n) is 4.76. The largest absolute Gasteiger partial charge is 0.358 e. The predicted molar refractivity (Wildman–Crippen MR) is 69.8 cm³/mol. The van der Waals surface area contributed by atoms with Gasteiger partial charge in [0.1, 0.15) is 0 Å². The molecule has 0 fully saturated rings. The average Bonchev–Trinajstić information content (AvgIpc) is 2.16. The molecule has 3 heteroatoms. The van der Waals surface area contributed by atoms with E-state index in [0.717, 1.165) is 17.0 Å². The Morgan fingerprint density at radius 1 is 1.50 bits per heavy atom. The molecule has 0 amide bonds. The Kier molecular flexibility index (Phi) is 3.48. The van der Waals surface area contributed by atoms with Gasteiger partial charge < -0.3 is 5.32 Å². The van der Waals surface area contributed by atoms with Crippen molar-refractivity contribution in [3.05, 3.63) is 35.7 Å². The Labute approximate surface area is 97.2 Å². The van der Waals surface area contributed by atoms with E-state index >= 15 is 0 Å². The summed E-state index contributed by atoms with van der Waals surface area (Å²) in [4.78, 5) is 3.95. The summed E-state index contributed by atoms with van der Waals surface area (Å²) in [5, 5.41) is 11.0. The van der Waals surface area contributed by atoms with Gasteiger partial charge in [-0.3, -0.25) is 5.41 Å². The highest BCUT2D eigenvalue weighted by Crippen LogP contribution is 2.24. The van der Waals surface area contributed by atoms with E-state index in [2.05, 4.69) is 37.7 Å². The van der Waals surface area contributed by atoms with Crippen LogP contribution in [0, 0.1) is 10.8 Å². The number of hydrogen-bond acceptors (Lipinski definition) is 2. The lowest BCUT2D eigenvalue weighted by Crippen LogP contribution is -2.26. The Morgan fingerprint density at radius 3 is 2.62 bits per heavy atom. The Balaban J connectivity index is 2.90. The van der Waals surface area contributed by atoms with E-state index in [1.807, 2.05) is 19.1 Å². The first kappa shape index (κ1) is 12.4. The van der Waals surface area contributed by atoms with Crippen LogP contribution in [0.25, 0.3) is 0 Å². The molecule has 0 aromatic carbocycles. The SMILES string of the molecule is C=C(NC1=CC=NC(=N)/C1=C/C)C(C)(C)C. The highest BCUT2D eigenvalue weighted by atomic mass is 14.9. The van der Waals surface area contributed by atoms with Gasteiger partial charge in [0.25, 0.3) is 0 Å². The second kappa shape index (κ2) is 4.47. The molecule has 0 aliphatic carbocycles. The summed E-state index contributed by atoms with van der Waals surface area (Å²) in [5.74, 6) is 0.286. The fourth-order valence-electron chi connectivity index (χ4n) is 1.22. The topological polar surface area (TPSA) is 48.2 Å². The summed E-state index contributed by atoms with van der Waals surface area (Å²) in [6.07, 6.45) is 5.38. The number of hydrogen-bond donors (Lipinski definition) is 2. The van der Waals surface area contributed by atoms with Gasteiger partial charge in [-0.25, -0.2) is 4.99 Å². The molecule has 1 rings (SSSR count). The zero-order valence-corrected chi connectivity index (χ0v) is 10.4. The first-order chi connectivity index (χ1) is 7.36. The van der Waals surface area contributed by atoms with Crippen molar-refractivity contribution in [2.45, 2.75) is 27.7 Å². The lowest BCUT2D eigenvalue weighted by Gasteiger charge is -2.26. The minimum absolute atomic E-state index is 0.00350. The van der Waals surface area contributed by atoms with Gasteiger partial charge in [0.05, 0.1) is 5.70 Å². The molecule has 1 aliphatic rings. The highest BCUT2D eigenvalue weighted by Gasteiger charge is 2.19. The van der Waals surface area contributed by atoms with Gasteiger partial charge in [0.15, 0.2) is 5.84 Å². The summed E-state index contributed by atoms with van der Waals surface area (Å²) < 4.78 is 0. The van der Waals surface area contributed by atoms with Gasteiger partial charge in [0, 0.05) is 22.9 Å². The average molecular weight is 217 g/mol. The summed E-state index contributed by atoms with van der Waals surface area (Å²) in [6, 6.07) is 0. The number of rotatable bonds is 2. The lowest BCUT2D eigenvalue weighted by molar-refractivity contribution is 0.477. The van der Waals surface area contributed by atoms with Gasteiger partial charge in [-0.1, -0.05) is 33.4 Å². The Hall–Kier alpha value is -1.64. The van der Waals surface area contributed by atoms with Crippen LogP contribution in [-0.2, 0) is 0 Å². The molecule has 0 saturated carbocycles. The maximum atomic E-state index is 7.70. The molecule has 0 saturated heterocycles. The van der Waals surface area contributed by atoms with E-state index in [4.69, 9.17) is 5.41 Å². The van der Waals surface area contributed by atoms with Crippen molar-refractivity contribution in [1.82, 2.24) is 5.32 Å². The fraction of sp³-hybridized carbons (Fsp3) is 0.385. The van der Waals surface area contributed by atoms with Crippen molar-refractivity contribution in [3.63, 3.8) is 0 Å². The third kappa shape index (κ3) is 2.69. The number of dihydropyridines is 1. The second-order valence-corrected chi connectivity index (χ2v) is 4.76. The third-order valence-electron chi connectivity index (χ3n) is 2.47. The normalized spacial score (nSPS) is 18.6. The standard InChI is InChI=1S/C13H19N3/c1-6-10-11(7-8-15-12(10)14)16-9(2)13(3,4)5/h6-8,14,16H,2H2,1,3-5H3/b10-6+,14-12?. The number of aliphatic imine (C=N–C) groups is 1. The van der Waals surface area contributed by atoms with Crippen LogP contribution in [0.15, 0.2) is 40.7 Å². The summed E-state index contributed by atoms with van der Waals surface area (Å²) in [5.41, 5.74) is 2.63. The van der Waals surface area contributed by atoms with Crippen LogP contribution in [0.1, 0.15) is 27.7 Å². The molecule has 0 atom stereocenters. The predicted octanol–water partition coefficient (Wildman–Crippen LogP) is 3.03. The van der Waals surface area contributed by atoms with E-state index < -0.39 is 0 Å². The number of amidine groups is 1. The monoisotopic (exact) mass is 217 g/mol. The van der Waals surface area contributed by atoms with Crippen LogP contribution in [0.3, 0.4) is 0 Å². The van der Waals surface area contributed by atoms with Crippen LogP contribution < -0.4 is 5.32 Å². The van der Waals surface area contributed by atoms with Crippen molar-refractivity contribution in [2.75, 3.05) is 0 Å². The number of allylic oxidation sites excluding steroid dienone is 3. The minimum Gasteiger partial charge on any atom is -0.358 e. The van der Waals surface area contributed by atoms with E-state index in [-0.39, 0.29) is 11.3 Å². The third-order valence-corrected chi connectivity index (χ3v) is 2.47. The van der Waals surface area contributed by atoms with Gasteiger partial charge in [-0.2, -0.15) is 0 Å². The Bertz CT molecular complexity index is 403. The molecule has 0 bridgehead atoms. The van der Waals surface area contributed by atoms with Crippen molar-refractivity contribution in [1.29, 1.82) is 5.41 Å². The zero-order valence-electron chi connectivity index (χ0n) is 10.4. The number of nitrogens with zero attached hydrogens (tertiary/aromatic N) is 1. The van der Waals surface area contributed by atoms with Crippen LogP contribution in [0.2, 0.25) is 0 Å². The van der Waals surface area contributed by atoms with Crippen LogP contribution in [-0.4, -0.2) is 12.1 Å². The molecule has 3 nitrogen and oxygen atoms in total. The molecule has 16 heavy (non-hydrogen) atoms. The quantitative estimate of drug-likeness (QED) is 0.734. The first-order valence-corrected chi connectivity index (χ1v) is 5.32. The van der Waals surface area contributed by atoms with E-state index in [0.29, 0.717) is 0 Å². The van der Waals surface area contributed by atoms with Gasteiger partial charge in [-0.05, 0) is 13.0 Å². The summed E-state index contributed by atoms with van der Waals surface area (Å²) in [7, 11) is 0. The molecule has 1 heterocycles. The van der Waals surface area contributed by atoms with Crippen LogP contribution >= 0.6 is 0 Å². The highest BCUT2D eigenvalue weighted by molar-refractivity contribution is 6.08. The Morgan fingerprint density at radius 2 is 2.12 bits per heavy atom. The molecule has 0 aromatic rings. The molecular formula is C13H19N3. The van der Waals surface area contributed by atoms with E-state index in [9.17, 15) is 0 Å². The van der Waals surface area contributed by atoms with Crippen LogP contribution in [0.5, 0.6) is 0 Å². The molecule has 0 radical (unpaired) electrons. The lowest BCUT2D eigenvalue weighted by atomic mass is 9.92. The van der Waals surface area contributed by atoms with Crippen molar-refractivity contribution in [3.8, 4) is 0 Å². The summed E-state index contributed by atoms with van der Waals surface area (Å²) >= 11 is 0. The smallest absolute Gasteiger partial charge is 0.153 e. The molecule has 86 valence electrons. The molecule has 0 spiro atoms.